The predicted octanol–water partition coefficient (Wildman–Crippen LogP) is -1.30. The van der Waals surface area contributed by atoms with E-state index in [1.807, 2.05) is 0 Å². The molecule has 2 aliphatic heterocycles. The molecule has 0 spiro atoms. The van der Waals surface area contributed by atoms with Crippen molar-refractivity contribution in [3.8, 4) is 0 Å². The Morgan fingerprint density at radius 1 is 1.26 bits per heavy atom. The van der Waals surface area contributed by atoms with E-state index in [4.69, 9.17) is 5.14 Å². The molecule has 2 aliphatic rings. The van der Waals surface area contributed by atoms with Crippen LogP contribution in [0.3, 0.4) is 0 Å². The van der Waals surface area contributed by atoms with Crippen molar-refractivity contribution in [2.45, 2.75) is 25.3 Å². The molecule has 19 heavy (non-hydrogen) atoms. The number of nitrogens with zero attached hydrogens (tertiary/aromatic N) is 1. The Morgan fingerprint density at radius 2 is 1.84 bits per heavy atom. The van der Waals surface area contributed by atoms with Gasteiger partial charge in [0.1, 0.15) is 9.84 Å². The Morgan fingerprint density at radius 3 is 2.37 bits per heavy atom. The minimum atomic E-state index is -3.58. The van der Waals surface area contributed by atoms with Crippen molar-refractivity contribution in [3.05, 3.63) is 0 Å². The molecule has 9 heteroatoms. The lowest BCUT2D eigenvalue weighted by Gasteiger charge is -2.31. The highest BCUT2D eigenvalue weighted by Gasteiger charge is 2.38. The molecule has 2 N–H and O–H groups in total. The van der Waals surface area contributed by atoms with Crippen LogP contribution < -0.4 is 5.14 Å². The van der Waals surface area contributed by atoms with Gasteiger partial charge in [0.2, 0.25) is 15.9 Å². The van der Waals surface area contributed by atoms with Gasteiger partial charge in [-0.25, -0.2) is 22.0 Å². The highest BCUT2D eigenvalue weighted by atomic mass is 32.2. The second-order valence-corrected chi connectivity index (χ2v) is 9.29. The summed E-state index contributed by atoms with van der Waals surface area (Å²) < 4.78 is 44.8. The monoisotopic (exact) mass is 310 g/mol. The third kappa shape index (κ3) is 3.90. The van der Waals surface area contributed by atoms with E-state index in [9.17, 15) is 21.6 Å². The summed E-state index contributed by atoms with van der Waals surface area (Å²) in [5.41, 5.74) is 0. The standard InChI is InChI=1S/C10H18N2O5S2/c11-19(16,17)7-8-5-10(13)12(6-8)9-1-3-18(14,15)4-2-9/h8-9H,1-7H2,(H2,11,16,17). The average molecular weight is 310 g/mol. The molecule has 0 radical (unpaired) electrons. The molecule has 110 valence electrons. The highest BCUT2D eigenvalue weighted by molar-refractivity contribution is 7.91. The van der Waals surface area contributed by atoms with E-state index in [1.165, 1.54) is 0 Å². The van der Waals surface area contributed by atoms with Crippen molar-refractivity contribution < 1.29 is 21.6 Å². The number of sulfonamides is 1. The van der Waals surface area contributed by atoms with Crippen molar-refractivity contribution in [3.63, 3.8) is 0 Å². The summed E-state index contributed by atoms with van der Waals surface area (Å²) in [6.45, 7) is 0.361. The molecule has 1 atom stereocenters. The van der Waals surface area contributed by atoms with Crippen molar-refractivity contribution in [1.29, 1.82) is 0 Å². The van der Waals surface area contributed by atoms with Crippen LogP contribution in [0.5, 0.6) is 0 Å². The third-order valence-electron chi connectivity index (χ3n) is 3.67. The fraction of sp³-hybridized carbons (Fsp3) is 0.900. The molecule has 0 saturated carbocycles. The maximum atomic E-state index is 11.9. The lowest BCUT2D eigenvalue weighted by Crippen LogP contribution is -2.42. The topological polar surface area (TPSA) is 115 Å². The van der Waals surface area contributed by atoms with Crippen LogP contribution in [0, 0.1) is 5.92 Å². The maximum Gasteiger partial charge on any atom is 0.223 e. The zero-order valence-corrected chi connectivity index (χ0v) is 12.1. The first-order chi connectivity index (χ1) is 8.66. The highest BCUT2D eigenvalue weighted by Crippen LogP contribution is 2.26. The minimum absolute atomic E-state index is 0.0819. The second-order valence-electron chi connectivity index (χ2n) is 5.33. The summed E-state index contributed by atoms with van der Waals surface area (Å²) in [6, 6.07) is -0.0819. The van der Waals surface area contributed by atoms with Gasteiger partial charge in [0, 0.05) is 24.9 Å². The van der Waals surface area contributed by atoms with Crippen molar-refractivity contribution in [2.24, 2.45) is 11.1 Å². The van der Waals surface area contributed by atoms with Crippen molar-refractivity contribution in [1.82, 2.24) is 4.90 Å². The van der Waals surface area contributed by atoms with Gasteiger partial charge in [-0.05, 0) is 12.8 Å². The quantitative estimate of drug-likeness (QED) is 0.696. The van der Waals surface area contributed by atoms with Crippen molar-refractivity contribution >= 4 is 25.8 Å². The average Bonchev–Trinajstić information content (AvgIpc) is 2.56. The van der Waals surface area contributed by atoms with Gasteiger partial charge in [0.15, 0.2) is 0 Å². The molecule has 1 unspecified atom stereocenters. The molecule has 7 nitrogen and oxygen atoms in total. The summed E-state index contributed by atoms with van der Waals surface area (Å²) in [7, 11) is -6.54. The lowest BCUT2D eigenvalue weighted by atomic mass is 10.1. The number of rotatable bonds is 3. The summed E-state index contributed by atoms with van der Waals surface area (Å²) in [5.74, 6) is -0.373. The first kappa shape index (κ1) is 14.7. The third-order valence-corrected chi connectivity index (χ3v) is 6.32. The molecular formula is C10H18N2O5S2. The number of hydrogen-bond acceptors (Lipinski definition) is 5. The minimum Gasteiger partial charge on any atom is -0.339 e. The summed E-state index contributed by atoms with van der Waals surface area (Å²) in [6.07, 6.45) is 1.06. The van der Waals surface area contributed by atoms with E-state index in [-0.39, 0.29) is 41.5 Å². The van der Waals surface area contributed by atoms with Gasteiger partial charge in [0.25, 0.3) is 0 Å². The Bertz CT molecular complexity index is 555. The molecule has 0 aliphatic carbocycles. The van der Waals surface area contributed by atoms with E-state index < -0.39 is 19.9 Å². The molecule has 2 saturated heterocycles. The SMILES string of the molecule is NS(=O)(=O)CC1CC(=O)N(C2CCS(=O)(=O)CC2)C1. The molecule has 0 aromatic rings. The van der Waals surface area contributed by atoms with E-state index in [1.54, 1.807) is 4.90 Å². The smallest absolute Gasteiger partial charge is 0.223 e. The van der Waals surface area contributed by atoms with Crippen LogP contribution in [0.25, 0.3) is 0 Å². The van der Waals surface area contributed by atoms with Gasteiger partial charge >= 0.3 is 0 Å². The number of hydrogen-bond donors (Lipinski definition) is 1. The van der Waals surface area contributed by atoms with Crippen LogP contribution in [0.15, 0.2) is 0 Å². The summed E-state index contributed by atoms with van der Waals surface area (Å²) in [5, 5.41) is 4.98. The van der Waals surface area contributed by atoms with Gasteiger partial charge in [0.05, 0.1) is 17.3 Å². The molecule has 0 aromatic carbocycles. The Labute approximate surface area is 113 Å². The summed E-state index contributed by atoms with van der Waals surface area (Å²) >= 11 is 0. The lowest BCUT2D eigenvalue weighted by molar-refractivity contribution is -0.129. The van der Waals surface area contributed by atoms with Crippen LogP contribution in [-0.4, -0.2) is 57.5 Å². The van der Waals surface area contributed by atoms with E-state index in [2.05, 4.69) is 0 Å². The largest absolute Gasteiger partial charge is 0.339 e. The zero-order chi connectivity index (χ0) is 14.3. The number of carbonyl (C=O) groups is 1. The number of amides is 1. The fourth-order valence-electron chi connectivity index (χ4n) is 2.79. The summed E-state index contributed by atoms with van der Waals surface area (Å²) in [4.78, 5) is 13.5. The Hall–Kier alpha value is -0.670. The molecule has 2 heterocycles. The van der Waals surface area contributed by atoms with Gasteiger partial charge in [-0.2, -0.15) is 0 Å². The van der Waals surface area contributed by atoms with E-state index in [0.29, 0.717) is 19.4 Å². The van der Waals surface area contributed by atoms with Crippen LogP contribution in [0.2, 0.25) is 0 Å². The molecular weight excluding hydrogens is 292 g/mol. The maximum absolute atomic E-state index is 11.9. The van der Waals surface area contributed by atoms with Crippen LogP contribution in [0.4, 0.5) is 0 Å². The number of primary sulfonamides is 1. The molecule has 0 aromatic heterocycles. The number of nitrogens with two attached hydrogens (primary N) is 1. The van der Waals surface area contributed by atoms with Gasteiger partial charge in [-0.15, -0.1) is 0 Å². The first-order valence-corrected chi connectivity index (χ1v) is 9.70. The molecule has 0 bridgehead atoms. The number of likely N-dealkylation sites (tertiary alicyclic amines) is 1. The normalized spacial score (nSPS) is 28.8. The molecule has 1 amide bonds. The van der Waals surface area contributed by atoms with E-state index >= 15 is 0 Å². The van der Waals surface area contributed by atoms with Crippen LogP contribution in [0.1, 0.15) is 19.3 Å². The van der Waals surface area contributed by atoms with Crippen LogP contribution >= 0.6 is 0 Å². The molecule has 2 fully saturated rings. The number of carbonyl (C=O) groups excluding carboxylic acids is 1. The zero-order valence-electron chi connectivity index (χ0n) is 10.5. The Kier molecular flexibility index (Phi) is 3.90. The first-order valence-electron chi connectivity index (χ1n) is 6.17. The van der Waals surface area contributed by atoms with Gasteiger partial charge in [-0.3, -0.25) is 4.79 Å². The predicted molar refractivity (Wildman–Crippen MR) is 69.5 cm³/mol. The van der Waals surface area contributed by atoms with Crippen LogP contribution in [-0.2, 0) is 24.7 Å². The van der Waals surface area contributed by atoms with Gasteiger partial charge < -0.3 is 4.90 Å². The van der Waals surface area contributed by atoms with E-state index in [0.717, 1.165) is 0 Å². The molecule has 2 rings (SSSR count). The fourth-order valence-corrected chi connectivity index (χ4v) is 5.14. The Balaban J connectivity index is 1.97. The number of sulfone groups is 1. The van der Waals surface area contributed by atoms with Gasteiger partial charge in [-0.1, -0.05) is 0 Å². The van der Waals surface area contributed by atoms with Crippen molar-refractivity contribution in [2.75, 3.05) is 23.8 Å². The second kappa shape index (κ2) is 5.02.